The van der Waals surface area contributed by atoms with Crippen LogP contribution in [-0.2, 0) is 30.6 Å². The van der Waals surface area contributed by atoms with E-state index >= 15 is 0 Å². The largest absolute Gasteiger partial charge is 0.481 e. The molecular weight excluding hydrogens is 454 g/mol. The maximum Gasteiger partial charge on any atom is 0.344 e. The molecule has 2 aromatic carbocycles. The van der Waals surface area contributed by atoms with E-state index in [9.17, 15) is 18.0 Å². The van der Waals surface area contributed by atoms with Gasteiger partial charge in [-0.1, -0.05) is 36.4 Å². The zero-order valence-corrected chi connectivity index (χ0v) is 21.1. The van der Waals surface area contributed by atoms with Crippen molar-refractivity contribution in [2.24, 2.45) is 0 Å². The van der Waals surface area contributed by atoms with Gasteiger partial charge >= 0.3 is 5.97 Å². The number of benzene rings is 2. The van der Waals surface area contributed by atoms with Crippen LogP contribution in [0.4, 0.5) is 0 Å². The van der Waals surface area contributed by atoms with E-state index < -0.39 is 22.4 Å². The monoisotopic (exact) mass is 487 g/mol. The molecule has 1 amide bonds. The van der Waals surface area contributed by atoms with Crippen LogP contribution in [0.1, 0.15) is 38.8 Å². The Hall–Kier alpha value is -3.13. The van der Waals surface area contributed by atoms with E-state index in [1.807, 2.05) is 44.2 Å². The van der Waals surface area contributed by atoms with Gasteiger partial charge in [0, 0.05) is 19.2 Å². The highest BCUT2D eigenvalue weighted by atomic mass is 32.2. The maximum atomic E-state index is 13.2. The molecule has 0 atom stereocenters. The fraction of sp³-hybridized carbons (Fsp3) is 0.385. The number of ether oxygens (including phenoxy) is 2. The topological polar surface area (TPSA) is 90.0 Å². The molecule has 0 aliphatic heterocycles. The lowest BCUT2D eigenvalue weighted by Gasteiger charge is -2.17. The summed E-state index contributed by atoms with van der Waals surface area (Å²) in [6.45, 7) is 8.22. The van der Waals surface area contributed by atoms with E-state index in [4.69, 9.17) is 9.47 Å². The Morgan fingerprint density at radius 2 is 1.68 bits per heavy atom. The zero-order valence-electron chi connectivity index (χ0n) is 20.2. The first-order chi connectivity index (χ1) is 16.2. The molecule has 2 rings (SSSR count). The Morgan fingerprint density at radius 1 is 1.00 bits per heavy atom. The second-order valence-corrected chi connectivity index (χ2v) is 9.73. The molecule has 0 heterocycles. The molecule has 8 heteroatoms. The number of hydrogen-bond donors (Lipinski definition) is 0. The van der Waals surface area contributed by atoms with Gasteiger partial charge in [-0.15, -0.1) is 0 Å². The lowest BCUT2D eigenvalue weighted by molar-refractivity contribution is -0.145. The molecule has 2 aromatic rings. The number of allylic oxidation sites excluding steroid dienone is 1. The SMILES string of the molecule is CCOC(=O)COc1cc(/C(C)=C/C(=O)N(CC)CC)ccc1S(=O)(=O)CCc1ccccc1. The summed E-state index contributed by atoms with van der Waals surface area (Å²) >= 11 is 0. The zero-order chi connectivity index (χ0) is 25.1. The number of rotatable bonds is 12. The van der Waals surface area contributed by atoms with Crippen molar-refractivity contribution < 1.29 is 27.5 Å². The van der Waals surface area contributed by atoms with Crippen LogP contribution in [0.5, 0.6) is 5.75 Å². The average Bonchev–Trinajstić information content (AvgIpc) is 2.83. The standard InChI is InChI=1S/C26H33NO6S/c1-5-27(6-2)25(28)17-20(4)22-13-14-24(23(18-22)33-19-26(29)32-7-3)34(30,31)16-15-21-11-9-8-10-12-21/h8-14,17-18H,5-7,15-16,19H2,1-4H3/b20-17+. The van der Waals surface area contributed by atoms with Crippen LogP contribution in [0.2, 0.25) is 0 Å². The highest BCUT2D eigenvalue weighted by Gasteiger charge is 2.22. The number of carbonyl (C=O) groups is 2. The number of likely N-dealkylation sites (N-methyl/N-ethyl adjacent to an activating group) is 1. The number of esters is 1. The summed E-state index contributed by atoms with van der Waals surface area (Å²) in [7, 11) is -3.71. The normalized spacial score (nSPS) is 11.7. The van der Waals surface area contributed by atoms with Gasteiger partial charge in [0.15, 0.2) is 16.4 Å². The lowest BCUT2D eigenvalue weighted by atomic mass is 10.1. The van der Waals surface area contributed by atoms with Gasteiger partial charge in [-0.25, -0.2) is 13.2 Å². The average molecular weight is 488 g/mol. The minimum atomic E-state index is -3.71. The van der Waals surface area contributed by atoms with E-state index in [0.29, 0.717) is 30.6 Å². The fourth-order valence-corrected chi connectivity index (χ4v) is 4.79. The van der Waals surface area contributed by atoms with Crippen molar-refractivity contribution in [2.75, 3.05) is 32.1 Å². The molecule has 7 nitrogen and oxygen atoms in total. The first-order valence-corrected chi connectivity index (χ1v) is 13.0. The highest BCUT2D eigenvalue weighted by molar-refractivity contribution is 7.91. The Labute approximate surface area is 202 Å². The van der Waals surface area contributed by atoms with Crippen molar-refractivity contribution in [3.8, 4) is 5.75 Å². The van der Waals surface area contributed by atoms with Crippen molar-refractivity contribution in [3.05, 3.63) is 65.7 Å². The molecule has 0 aromatic heterocycles. The summed E-state index contributed by atoms with van der Waals surface area (Å²) in [4.78, 5) is 26.0. The first kappa shape index (κ1) is 27.1. The Bertz CT molecular complexity index is 1110. The minimum Gasteiger partial charge on any atom is -0.481 e. The summed E-state index contributed by atoms with van der Waals surface area (Å²) in [6.07, 6.45) is 1.86. The molecule has 0 bridgehead atoms. The third-order valence-corrected chi connectivity index (χ3v) is 7.05. The van der Waals surface area contributed by atoms with E-state index in [1.54, 1.807) is 30.9 Å². The Morgan fingerprint density at radius 3 is 2.29 bits per heavy atom. The third-order valence-electron chi connectivity index (χ3n) is 5.30. The molecule has 0 spiro atoms. The molecule has 0 saturated carbocycles. The van der Waals surface area contributed by atoms with E-state index in [0.717, 1.165) is 5.56 Å². The van der Waals surface area contributed by atoms with Gasteiger partial charge in [-0.05, 0) is 62.9 Å². The van der Waals surface area contributed by atoms with Gasteiger partial charge in [-0.2, -0.15) is 0 Å². The Kier molecular flexibility index (Phi) is 10.3. The Balaban J connectivity index is 2.37. The van der Waals surface area contributed by atoms with E-state index in [-0.39, 0.29) is 28.9 Å². The molecular formula is C26H33NO6S. The van der Waals surface area contributed by atoms with Crippen molar-refractivity contribution in [1.82, 2.24) is 4.90 Å². The molecule has 0 saturated heterocycles. The lowest BCUT2D eigenvalue weighted by Crippen LogP contribution is -2.28. The second-order valence-electron chi connectivity index (χ2n) is 7.65. The summed E-state index contributed by atoms with van der Waals surface area (Å²) in [5, 5.41) is 0. The van der Waals surface area contributed by atoms with Crippen LogP contribution < -0.4 is 4.74 Å². The van der Waals surface area contributed by atoms with E-state index in [1.165, 1.54) is 12.1 Å². The van der Waals surface area contributed by atoms with Crippen molar-refractivity contribution >= 4 is 27.3 Å². The summed E-state index contributed by atoms with van der Waals surface area (Å²) < 4.78 is 36.8. The van der Waals surface area contributed by atoms with Crippen molar-refractivity contribution in [2.45, 2.75) is 39.0 Å². The molecule has 184 valence electrons. The number of carbonyl (C=O) groups excluding carboxylic acids is 2. The van der Waals surface area contributed by atoms with Crippen LogP contribution >= 0.6 is 0 Å². The molecule has 0 aliphatic carbocycles. The first-order valence-electron chi connectivity index (χ1n) is 11.4. The van der Waals surface area contributed by atoms with Gasteiger partial charge in [0.2, 0.25) is 5.91 Å². The molecule has 0 fully saturated rings. The predicted molar refractivity (Wildman–Crippen MR) is 132 cm³/mol. The molecule has 34 heavy (non-hydrogen) atoms. The van der Waals surface area contributed by atoms with Crippen LogP contribution in [-0.4, -0.2) is 57.3 Å². The minimum absolute atomic E-state index is 0.000603. The summed E-state index contributed by atoms with van der Waals surface area (Å²) in [5.41, 5.74) is 2.19. The van der Waals surface area contributed by atoms with E-state index in [2.05, 4.69) is 0 Å². The molecule has 0 aliphatic rings. The molecule has 0 radical (unpaired) electrons. The van der Waals surface area contributed by atoms with Crippen LogP contribution in [0.25, 0.3) is 5.57 Å². The number of sulfone groups is 1. The smallest absolute Gasteiger partial charge is 0.344 e. The third kappa shape index (κ3) is 7.73. The van der Waals surface area contributed by atoms with Gasteiger partial charge in [0.25, 0.3) is 0 Å². The van der Waals surface area contributed by atoms with Gasteiger partial charge in [-0.3, -0.25) is 4.79 Å². The summed E-state index contributed by atoms with van der Waals surface area (Å²) in [5.74, 6) is -0.774. The van der Waals surface area contributed by atoms with Crippen molar-refractivity contribution in [3.63, 3.8) is 0 Å². The molecule has 0 N–H and O–H groups in total. The van der Waals surface area contributed by atoms with Crippen LogP contribution in [0.3, 0.4) is 0 Å². The van der Waals surface area contributed by atoms with Crippen LogP contribution in [0, 0.1) is 0 Å². The molecule has 0 unspecified atom stereocenters. The second kappa shape index (κ2) is 12.9. The number of nitrogens with zero attached hydrogens (tertiary/aromatic N) is 1. The van der Waals surface area contributed by atoms with Gasteiger partial charge in [0.05, 0.1) is 12.4 Å². The maximum absolute atomic E-state index is 13.2. The predicted octanol–water partition coefficient (Wildman–Crippen LogP) is 3.92. The van der Waals surface area contributed by atoms with Gasteiger partial charge < -0.3 is 14.4 Å². The van der Waals surface area contributed by atoms with Crippen molar-refractivity contribution in [1.29, 1.82) is 0 Å². The summed E-state index contributed by atoms with van der Waals surface area (Å²) in [6, 6.07) is 14.0. The van der Waals surface area contributed by atoms with Gasteiger partial charge in [0.1, 0.15) is 10.6 Å². The number of aryl methyl sites for hydroxylation is 1. The fourth-order valence-electron chi connectivity index (χ4n) is 3.36. The number of hydrogen-bond acceptors (Lipinski definition) is 6. The number of amides is 1. The van der Waals surface area contributed by atoms with Crippen LogP contribution in [0.15, 0.2) is 59.5 Å². The highest BCUT2D eigenvalue weighted by Crippen LogP contribution is 2.30. The quantitative estimate of drug-likeness (QED) is 0.333.